The second-order valence-electron chi connectivity index (χ2n) is 5.48. The van der Waals surface area contributed by atoms with Gasteiger partial charge >= 0.3 is 0 Å². The number of amides is 1. The van der Waals surface area contributed by atoms with E-state index in [1.807, 2.05) is 67.6 Å². The number of nitrogens with one attached hydrogen (secondary N) is 1. The summed E-state index contributed by atoms with van der Waals surface area (Å²) in [5, 5.41) is 12.2. The number of nitrogens with zero attached hydrogens (tertiary/aromatic N) is 1. The van der Waals surface area contributed by atoms with Crippen LogP contribution in [0.15, 0.2) is 60.7 Å². The molecule has 0 unspecified atom stereocenters. The zero-order chi connectivity index (χ0) is 15.5. The van der Waals surface area contributed by atoms with Crippen molar-refractivity contribution in [3.63, 3.8) is 0 Å². The highest BCUT2D eigenvalue weighted by Gasteiger charge is 2.33. The van der Waals surface area contributed by atoms with Crippen LogP contribution in [0, 0.1) is 24.2 Å². The second-order valence-corrected chi connectivity index (χ2v) is 5.48. The quantitative estimate of drug-likeness (QED) is 0.921. The van der Waals surface area contributed by atoms with Gasteiger partial charge in [0.05, 0.1) is 6.07 Å². The van der Waals surface area contributed by atoms with Crippen molar-refractivity contribution in [2.75, 3.05) is 0 Å². The molecule has 1 heterocycles. The molecule has 2 aromatic carbocycles. The van der Waals surface area contributed by atoms with Gasteiger partial charge in [0.15, 0.2) is 0 Å². The lowest BCUT2D eigenvalue weighted by Gasteiger charge is -2.26. The predicted molar refractivity (Wildman–Crippen MR) is 85.6 cm³/mol. The van der Waals surface area contributed by atoms with Gasteiger partial charge in [0, 0.05) is 11.6 Å². The highest BCUT2D eigenvalue weighted by Crippen LogP contribution is 2.32. The fourth-order valence-electron chi connectivity index (χ4n) is 2.70. The SMILES string of the molecule is Cc1ccc(C2=C[C@H](c3ccccc3)[C@H](C#N)C(=O)N2)cc1. The first-order valence-corrected chi connectivity index (χ1v) is 7.23. The maximum Gasteiger partial charge on any atom is 0.242 e. The Labute approximate surface area is 129 Å². The van der Waals surface area contributed by atoms with Gasteiger partial charge in [0.1, 0.15) is 5.92 Å². The minimum Gasteiger partial charge on any atom is -0.325 e. The van der Waals surface area contributed by atoms with E-state index in [0.29, 0.717) is 0 Å². The van der Waals surface area contributed by atoms with Crippen LogP contribution in [0.5, 0.6) is 0 Å². The first-order chi connectivity index (χ1) is 10.7. The number of carbonyl (C=O) groups excluding carboxylic acids is 1. The lowest BCUT2D eigenvalue weighted by Crippen LogP contribution is -2.36. The number of benzene rings is 2. The van der Waals surface area contributed by atoms with Gasteiger partial charge in [-0.2, -0.15) is 5.26 Å². The molecule has 1 N–H and O–H groups in total. The number of aryl methyl sites for hydroxylation is 1. The summed E-state index contributed by atoms with van der Waals surface area (Å²) in [6, 6.07) is 19.8. The van der Waals surface area contributed by atoms with Crippen molar-refractivity contribution in [3.05, 3.63) is 77.4 Å². The molecule has 0 bridgehead atoms. The Hall–Kier alpha value is -2.86. The third-order valence-electron chi connectivity index (χ3n) is 3.93. The van der Waals surface area contributed by atoms with Gasteiger partial charge in [0.2, 0.25) is 5.91 Å². The lowest BCUT2D eigenvalue weighted by atomic mass is 9.82. The Morgan fingerprint density at radius 1 is 1.05 bits per heavy atom. The molecule has 1 aliphatic rings. The van der Waals surface area contributed by atoms with E-state index in [0.717, 1.165) is 16.8 Å². The van der Waals surface area contributed by atoms with Crippen LogP contribution in [0.2, 0.25) is 0 Å². The predicted octanol–water partition coefficient (Wildman–Crippen LogP) is 3.39. The lowest BCUT2D eigenvalue weighted by molar-refractivity contribution is -0.122. The average molecular weight is 288 g/mol. The van der Waals surface area contributed by atoms with E-state index in [1.54, 1.807) is 0 Å². The van der Waals surface area contributed by atoms with Crippen LogP contribution in [0.25, 0.3) is 5.70 Å². The van der Waals surface area contributed by atoms with Crippen LogP contribution < -0.4 is 5.32 Å². The highest BCUT2D eigenvalue weighted by molar-refractivity contribution is 5.93. The minimum atomic E-state index is -0.698. The summed E-state index contributed by atoms with van der Waals surface area (Å²) in [5.74, 6) is -1.16. The molecule has 0 fully saturated rings. The summed E-state index contributed by atoms with van der Waals surface area (Å²) in [7, 11) is 0. The fourth-order valence-corrected chi connectivity index (χ4v) is 2.70. The van der Waals surface area contributed by atoms with E-state index in [2.05, 4.69) is 11.4 Å². The van der Waals surface area contributed by atoms with E-state index in [1.165, 1.54) is 5.56 Å². The largest absolute Gasteiger partial charge is 0.325 e. The van der Waals surface area contributed by atoms with Crippen LogP contribution in [0.4, 0.5) is 0 Å². The molecule has 0 radical (unpaired) electrons. The number of rotatable bonds is 2. The van der Waals surface area contributed by atoms with E-state index < -0.39 is 5.92 Å². The summed E-state index contributed by atoms with van der Waals surface area (Å²) >= 11 is 0. The Morgan fingerprint density at radius 2 is 1.73 bits per heavy atom. The standard InChI is InChI=1S/C19H16N2O/c1-13-7-9-15(10-8-13)18-11-16(14-5-3-2-4-6-14)17(12-20)19(22)21-18/h2-11,16-17H,1H3,(H,21,22)/t16-,17+/m1/s1. The van der Waals surface area contributed by atoms with Crippen LogP contribution in [0.1, 0.15) is 22.6 Å². The molecule has 2 aromatic rings. The molecule has 0 saturated heterocycles. The normalized spacial score (nSPS) is 20.7. The van der Waals surface area contributed by atoms with E-state index >= 15 is 0 Å². The smallest absolute Gasteiger partial charge is 0.242 e. The topological polar surface area (TPSA) is 52.9 Å². The maximum absolute atomic E-state index is 12.3. The van der Waals surface area contributed by atoms with Crippen LogP contribution in [-0.2, 0) is 4.79 Å². The molecule has 1 aliphatic heterocycles. The molecule has 3 heteroatoms. The molecule has 3 nitrogen and oxygen atoms in total. The third-order valence-corrected chi connectivity index (χ3v) is 3.93. The zero-order valence-electron chi connectivity index (χ0n) is 12.3. The summed E-state index contributed by atoms with van der Waals surface area (Å²) in [5.41, 5.74) is 3.87. The van der Waals surface area contributed by atoms with Crippen molar-refractivity contribution in [1.29, 1.82) is 5.26 Å². The van der Waals surface area contributed by atoms with Crippen LogP contribution in [-0.4, -0.2) is 5.91 Å². The number of allylic oxidation sites excluding steroid dienone is 1. The zero-order valence-corrected chi connectivity index (χ0v) is 12.3. The molecule has 1 amide bonds. The van der Waals surface area contributed by atoms with Crippen molar-refractivity contribution >= 4 is 11.6 Å². The third kappa shape index (κ3) is 2.64. The van der Waals surface area contributed by atoms with Crippen molar-refractivity contribution in [3.8, 4) is 6.07 Å². The summed E-state index contributed by atoms with van der Waals surface area (Å²) in [4.78, 5) is 12.3. The van der Waals surface area contributed by atoms with Crippen molar-refractivity contribution in [2.45, 2.75) is 12.8 Å². The van der Waals surface area contributed by atoms with E-state index in [9.17, 15) is 10.1 Å². The first-order valence-electron chi connectivity index (χ1n) is 7.23. The van der Waals surface area contributed by atoms with Gasteiger partial charge in [-0.15, -0.1) is 0 Å². The molecule has 3 rings (SSSR count). The van der Waals surface area contributed by atoms with Gasteiger partial charge in [0.25, 0.3) is 0 Å². The van der Waals surface area contributed by atoms with E-state index in [4.69, 9.17) is 0 Å². The number of carbonyl (C=O) groups is 1. The van der Waals surface area contributed by atoms with Crippen LogP contribution >= 0.6 is 0 Å². The number of hydrogen-bond acceptors (Lipinski definition) is 2. The molecule has 108 valence electrons. The van der Waals surface area contributed by atoms with Gasteiger partial charge in [-0.3, -0.25) is 4.79 Å². The molecule has 0 aliphatic carbocycles. The van der Waals surface area contributed by atoms with Gasteiger partial charge < -0.3 is 5.32 Å². The fraction of sp³-hybridized carbons (Fsp3) is 0.158. The molecular formula is C19H16N2O. The number of nitriles is 1. The van der Waals surface area contributed by atoms with Gasteiger partial charge in [-0.1, -0.05) is 66.2 Å². The van der Waals surface area contributed by atoms with Crippen LogP contribution in [0.3, 0.4) is 0 Å². The molecule has 22 heavy (non-hydrogen) atoms. The molecule has 0 saturated carbocycles. The maximum atomic E-state index is 12.3. The Bertz CT molecular complexity index is 754. The van der Waals surface area contributed by atoms with Gasteiger partial charge in [-0.25, -0.2) is 0 Å². The second kappa shape index (κ2) is 5.87. The average Bonchev–Trinajstić information content (AvgIpc) is 2.55. The summed E-state index contributed by atoms with van der Waals surface area (Å²) in [6.07, 6.45) is 1.98. The minimum absolute atomic E-state index is 0.226. The Morgan fingerprint density at radius 3 is 2.36 bits per heavy atom. The van der Waals surface area contributed by atoms with Crippen molar-refractivity contribution in [2.24, 2.45) is 5.92 Å². The molecule has 2 atom stereocenters. The molecular weight excluding hydrogens is 272 g/mol. The Kier molecular flexibility index (Phi) is 3.76. The Balaban J connectivity index is 2.05. The first kappa shape index (κ1) is 14.1. The number of hydrogen-bond donors (Lipinski definition) is 1. The summed E-state index contributed by atoms with van der Waals surface area (Å²) in [6.45, 7) is 2.02. The summed E-state index contributed by atoms with van der Waals surface area (Å²) < 4.78 is 0. The van der Waals surface area contributed by atoms with Crippen molar-refractivity contribution in [1.82, 2.24) is 5.32 Å². The monoisotopic (exact) mass is 288 g/mol. The molecule has 0 aromatic heterocycles. The van der Waals surface area contributed by atoms with Crippen molar-refractivity contribution < 1.29 is 4.79 Å². The van der Waals surface area contributed by atoms with E-state index in [-0.39, 0.29) is 11.8 Å². The molecule has 0 spiro atoms. The highest BCUT2D eigenvalue weighted by atomic mass is 16.2. The van der Waals surface area contributed by atoms with Gasteiger partial charge in [-0.05, 0) is 18.1 Å².